The maximum atomic E-state index is 12.4. The molecule has 0 saturated carbocycles. The molecule has 60 valence electrons. The van der Waals surface area contributed by atoms with E-state index in [0.717, 1.165) is 0 Å². The first kappa shape index (κ1) is 8.50. The van der Waals surface area contributed by atoms with Crippen LogP contribution in [0.25, 0.3) is 0 Å². The number of benzene rings is 1. The summed E-state index contributed by atoms with van der Waals surface area (Å²) in [5.41, 5.74) is 0.549. The molecule has 11 heavy (non-hydrogen) atoms. The van der Waals surface area contributed by atoms with Gasteiger partial charge in [-0.05, 0) is 24.6 Å². The third kappa shape index (κ3) is 1.91. The second-order valence-corrected chi connectivity index (χ2v) is 2.75. The van der Waals surface area contributed by atoms with Gasteiger partial charge in [-0.15, -0.1) is 0 Å². The van der Waals surface area contributed by atoms with Crippen LogP contribution in [-0.2, 0) is 0 Å². The molecule has 0 aromatic heterocycles. The first-order chi connectivity index (χ1) is 5.11. The molecule has 1 aromatic carbocycles. The molecule has 1 nitrogen and oxygen atoms in total. The van der Waals surface area contributed by atoms with Crippen molar-refractivity contribution in [2.45, 2.75) is 13.0 Å². The zero-order chi connectivity index (χ0) is 8.43. The second-order valence-electron chi connectivity index (χ2n) is 2.34. The molecule has 0 unspecified atom stereocenters. The van der Waals surface area contributed by atoms with E-state index in [0.29, 0.717) is 5.56 Å². The van der Waals surface area contributed by atoms with Crippen LogP contribution < -0.4 is 0 Å². The highest BCUT2D eigenvalue weighted by molar-refractivity contribution is 6.31. The van der Waals surface area contributed by atoms with Gasteiger partial charge in [0.1, 0.15) is 5.82 Å². The lowest BCUT2D eigenvalue weighted by atomic mass is 10.1. The van der Waals surface area contributed by atoms with Crippen LogP contribution in [0.2, 0.25) is 5.02 Å². The molecule has 1 N–H and O–H groups in total. The van der Waals surface area contributed by atoms with Gasteiger partial charge in [-0.1, -0.05) is 17.7 Å². The van der Waals surface area contributed by atoms with Gasteiger partial charge in [0.15, 0.2) is 0 Å². The number of aliphatic hydroxyl groups excluding tert-OH is 1. The number of hydrogen-bond donors (Lipinski definition) is 1. The summed E-state index contributed by atoms with van der Waals surface area (Å²) >= 11 is 5.62. The number of hydrogen-bond acceptors (Lipinski definition) is 1. The van der Waals surface area contributed by atoms with Gasteiger partial charge >= 0.3 is 0 Å². The lowest BCUT2D eigenvalue weighted by Crippen LogP contribution is -1.92. The van der Waals surface area contributed by atoms with Gasteiger partial charge in [-0.25, -0.2) is 4.39 Å². The molecular formula is C8H8ClFO. The third-order valence-corrected chi connectivity index (χ3v) is 1.74. The fourth-order valence-electron chi connectivity index (χ4n) is 0.840. The van der Waals surface area contributed by atoms with E-state index < -0.39 is 6.10 Å². The van der Waals surface area contributed by atoms with E-state index in [-0.39, 0.29) is 10.8 Å². The molecule has 1 atom stereocenters. The van der Waals surface area contributed by atoms with E-state index >= 15 is 0 Å². The minimum Gasteiger partial charge on any atom is -0.389 e. The van der Waals surface area contributed by atoms with Gasteiger partial charge in [0.25, 0.3) is 0 Å². The first-order valence-corrected chi connectivity index (χ1v) is 3.62. The normalized spacial score (nSPS) is 13.1. The average Bonchev–Trinajstić information content (AvgIpc) is 1.85. The van der Waals surface area contributed by atoms with Crippen LogP contribution in [0.5, 0.6) is 0 Å². The maximum Gasteiger partial charge on any atom is 0.124 e. The fraction of sp³-hybridized carbons (Fsp3) is 0.250. The summed E-state index contributed by atoms with van der Waals surface area (Å²) in [6.45, 7) is 1.58. The minimum atomic E-state index is -0.650. The Labute approximate surface area is 69.4 Å². The molecule has 0 aliphatic heterocycles. The average molecular weight is 175 g/mol. The van der Waals surface area contributed by atoms with Crippen molar-refractivity contribution in [3.63, 3.8) is 0 Å². The molecule has 0 aliphatic rings. The standard InChI is InChI=1S/C8H8ClFO/c1-5(11)7-3-2-6(10)4-8(7)9/h2-5,11H,1H3/t5-/m0/s1. The van der Waals surface area contributed by atoms with Gasteiger partial charge in [-0.2, -0.15) is 0 Å². The monoisotopic (exact) mass is 174 g/mol. The molecular weight excluding hydrogens is 167 g/mol. The van der Waals surface area contributed by atoms with Gasteiger partial charge in [0.05, 0.1) is 6.10 Å². The predicted octanol–water partition coefficient (Wildman–Crippen LogP) is 2.53. The lowest BCUT2D eigenvalue weighted by molar-refractivity contribution is 0.199. The van der Waals surface area contributed by atoms with Gasteiger partial charge in [0, 0.05) is 5.02 Å². The van der Waals surface area contributed by atoms with Crippen molar-refractivity contribution in [2.24, 2.45) is 0 Å². The van der Waals surface area contributed by atoms with E-state index in [1.165, 1.54) is 18.2 Å². The molecule has 1 rings (SSSR count). The Morgan fingerprint density at radius 2 is 2.18 bits per heavy atom. The van der Waals surface area contributed by atoms with Crippen molar-refractivity contribution in [3.05, 3.63) is 34.6 Å². The largest absolute Gasteiger partial charge is 0.389 e. The van der Waals surface area contributed by atoms with Crippen molar-refractivity contribution < 1.29 is 9.50 Å². The van der Waals surface area contributed by atoms with Crippen molar-refractivity contribution >= 4 is 11.6 Å². The van der Waals surface area contributed by atoms with Crippen molar-refractivity contribution in [3.8, 4) is 0 Å². The van der Waals surface area contributed by atoms with Crippen LogP contribution in [0.15, 0.2) is 18.2 Å². The topological polar surface area (TPSA) is 20.2 Å². The number of halogens is 2. The summed E-state index contributed by atoms with van der Waals surface area (Å²) in [7, 11) is 0. The Morgan fingerprint density at radius 1 is 1.55 bits per heavy atom. The molecule has 0 heterocycles. The van der Waals surface area contributed by atoms with Crippen LogP contribution in [0.1, 0.15) is 18.6 Å². The zero-order valence-corrected chi connectivity index (χ0v) is 6.77. The Morgan fingerprint density at radius 3 is 2.64 bits per heavy atom. The third-order valence-electron chi connectivity index (χ3n) is 1.41. The van der Waals surface area contributed by atoms with E-state index in [2.05, 4.69) is 0 Å². The Balaban J connectivity index is 3.09. The molecule has 0 amide bonds. The molecule has 0 bridgehead atoms. The van der Waals surface area contributed by atoms with Crippen LogP contribution in [-0.4, -0.2) is 5.11 Å². The molecule has 3 heteroatoms. The highest BCUT2D eigenvalue weighted by Gasteiger charge is 2.05. The second kappa shape index (κ2) is 3.20. The molecule has 0 spiro atoms. The fourth-order valence-corrected chi connectivity index (χ4v) is 1.17. The quantitative estimate of drug-likeness (QED) is 0.694. The Bertz CT molecular complexity index is 260. The lowest BCUT2D eigenvalue weighted by Gasteiger charge is -2.05. The molecule has 0 saturated heterocycles. The zero-order valence-electron chi connectivity index (χ0n) is 6.01. The highest BCUT2D eigenvalue weighted by atomic mass is 35.5. The summed E-state index contributed by atoms with van der Waals surface area (Å²) in [5.74, 6) is -0.389. The van der Waals surface area contributed by atoms with E-state index in [1.807, 2.05) is 0 Å². The molecule has 0 radical (unpaired) electrons. The summed E-state index contributed by atoms with van der Waals surface area (Å²) < 4.78 is 12.4. The highest BCUT2D eigenvalue weighted by Crippen LogP contribution is 2.22. The summed E-state index contributed by atoms with van der Waals surface area (Å²) in [6, 6.07) is 3.93. The summed E-state index contributed by atoms with van der Waals surface area (Å²) in [4.78, 5) is 0. The van der Waals surface area contributed by atoms with Crippen molar-refractivity contribution in [1.29, 1.82) is 0 Å². The molecule has 1 aromatic rings. The summed E-state index contributed by atoms with van der Waals surface area (Å²) in [6.07, 6.45) is -0.650. The van der Waals surface area contributed by atoms with Crippen LogP contribution in [0.3, 0.4) is 0 Å². The van der Waals surface area contributed by atoms with E-state index in [9.17, 15) is 4.39 Å². The van der Waals surface area contributed by atoms with Crippen molar-refractivity contribution in [1.82, 2.24) is 0 Å². The number of aliphatic hydroxyl groups is 1. The van der Waals surface area contributed by atoms with Gasteiger partial charge < -0.3 is 5.11 Å². The Kier molecular flexibility index (Phi) is 2.47. The smallest absolute Gasteiger partial charge is 0.124 e. The van der Waals surface area contributed by atoms with Crippen molar-refractivity contribution in [2.75, 3.05) is 0 Å². The van der Waals surface area contributed by atoms with Gasteiger partial charge in [0.2, 0.25) is 0 Å². The van der Waals surface area contributed by atoms with Crippen LogP contribution in [0, 0.1) is 5.82 Å². The first-order valence-electron chi connectivity index (χ1n) is 3.24. The minimum absolute atomic E-state index is 0.264. The molecule has 0 aliphatic carbocycles. The number of rotatable bonds is 1. The van der Waals surface area contributed by atoms with Gasteiger partial charge in [-0.3, -0.25) is 0 Å². The SMILES string of the molecule is C[C@H](O)c1ccc(F)cc1Cl. The predicted molar refractivity (Wildman–Crippen MR) is 42.0 cm³/mol. The molecule has 0 fully saturated rings. The van der Waals surface area contributed by atoms with E-state index in [1.54, 1.807) is 6.92 Å². The maximum absolute atomic E-state index is 12.4. The van der Waals surface area contributed by atoms with Crippen LogP contribution >= 0.6 is 11.6 Å². The summed E-state index contributed by atoms with van der Waals surface area (Å²) in [5, 5.41) is 9.35. The Hall–Kier alpha value is -0.600. The van der Waals surface area contributed by atoms with E-state index in [4.69, 9.17) is 16.7 Å². The van der Waals surface area contributed by atoms with Crippen LogP contribution in [0.4, 0.5) is 4.39 Å².